The van der Waals surface area contributed by atoms with Crippen molar-refractivity contribution in [2.45, 2.75) is 63.1 Å². The van der Waals surface area contributed by atoms with E-state index in [1.54, 1.807) is 0 Å². The predicted octanol–water partition coefficient (Wildman–Crippen LogP) is 3.70. The SMILES string of the molecule is CC1COCCN1c1cc(CS(=O)C(C)C)nc(-c2ccc(NC(=O)NC3CCC3)cc2)n1. The molecule has 2 aliphatic rings. The van der Waals surface area contributed by atoms with Crippen molar-refractivity contribution in [2.75, 3.05) is 30.0 Å². The number of aromatic nitrogens is 2. The number of amides is 2. The lowest BCUT2D eigenvalue weighted by Crippen LogP contribution is -2.44. The molecule has 2 amide bonds. The van der Waals surface area contributed by atoms with Crippen LogP contribution in [0.25, 0.3) is 11.4 Å². The van der Waals surface area contributed by atoms with Gasteiger partial charge in [0.05, 0.1) is 30.7 Å². The molecule has 33 heavy (non-hydrogen) atoms. The number of ether oxygens (including phenoxy) is 1. The standard InChI is InChI=1S/C24H33N5O3S/c1-16(2)33(31)15-21-13-22(29-11-12-32-14-17(29)3)28-23(25-21)18-7-9-20(10-8-18)27-24(30)26-19-5-4-6-19/h7-10,13,16-17,19H,4-6,11-12,14-15H2,1-3H3,(H2,26,27,30). The van der Waals surface area contributed by atoms with Crippen LogP contribution in [-0.4, -0.2) is 57.3 Å². The Morgan fingerprint density at radius 3 is 2.64 bits per heavy atom. The number of hydrogen-bond donors (Lipinski definition) is 2. The van der Waals surface area contributed by atoms with Crippen LogP contribution in [0.5, 0.6) is 0 Å². The number of rotatable bonds is 7. The first kappa shape index (κ1) is 23.6. The van der Waals surface area contributed by atoms with Gasteiger partial charge in [0.2, 0.25) is 0 Å². The van der Waals surface area contributed by atoms with Gasteiger partial charge in [-0.3, -0.25) is 4.21 Å². The van der Waals surface area contributed by atoms with Crippen LogP contribution < -0.4 is 15.5 Å². The van der Waals surface area contributed by atoms with Gasteiger partial charge in [-0.05, 0) is 50.5 Å². The Labute approximate surface area is 198 Å². The van der Waals surface area contributed by atoms with Crippen LogP contribution in [0.4, 0.5) is 16.3 Å². The largest absolute Gasteiger partial charge is 0.377 e. The highest BCUT2D eigenvalue weighted by molar-refractivity contribution is 7.84. The van der Waals surface area contributed by atoms with Gasteiger partial charge in [0.1, 0.15) is 5.82 Å². The molecule has 1 aliphatic carbocycles. The van der Waals surface area contributed by atoms with E-state index in [2.05, 4.69) is 22.5 Å². The minimum absolute atomic E-state index is 0.0608. The van der Waals surface area contributed by atoms with Gasteiger partial charge in [-0.15, -0.1) is 0 Å². The van der Waals surface area contributed by atoms with Crippen molar-refractivity contribution in [3.05, 3.63) is 36.0 Å². The molecule has 2 heterocycles. The van der Waals surface area contributed by atoms with Gasteiger partial charge in [0.15, 0.2) is 5.82 Å². The summed E-state index contributed by atoms with van der Waals surface area (Å²) in [4.78, 5) is 23.9. The molecule has 178 valence electrons. The summed E-state index contributed by atoms with van der Waals surface area (Å²) >= 11 is 0. The molecule has 0 radical (unpaired) electrons. The fourth-order valence-electron chi connectivity index (χ4n) is 3.82. The number of urea groups is 1. The van der Waals surface area contributed by atoms with Crippen LogP contribution in [0.3, 0.4) is 0 Å². The van der Waals surface area contributed by atoms with Gasteiger partial charge < -0.3 is 20.3 Å². The second kappa shape index (κ2) is 10.6. The summed E-state index contributed by atoms with van der Waals surface area (Å²) in [7, 11) is -1.01. The first-order valence-electron chi connectivity index (χ1n) is 11.7. The summed E-state index contributed by atoms with van der Waals surface area (Å²) in [6.45, 7) is 8.08. The quantitative estimate of drug-likeness (QED) is 0.639. The fourth-order valence-corrected chi connectivity index (χ4v) is 4.59. The predicted molar refractivity (Wildman–Crippen MR) is 132 cm³/mol. The molecule has 1 aromatic carbocycles. The van der Waals surface area contributed by atoms with Gasteiger partial charge in [-0.2, -0.15) is 0 Å². The van der Waals surface area contributed by atoms with Gasteiger partial charge >= 0.3 is 6.03 Å². The maximum atomic E-state index is 12.5. The molecular weight excluding hydrogens is 438 g/mol. The van der Waals surface area contributed by atoms with Crippen LogP contribution >= 0.6 is 0 Å². The van der Waals surface area contributed by atoms with E-state index >= 15 is 0 Å². The maximum Gasteiger partial charge on any atom is 0.319 e. The monoisotopic (exact) mass is 471 g/mol. The van der Waals surface area contributed by atoms with Gasteiger partial charge in [-0.1, -0.05) is 13.8 Å². The Morgan fingerprint density at radius 1 is 1.24 bits per heavy atom. The highest BCUT2D eigenvalue weighted by Gasteiger charge is 2.23. The fraction of sp³-hybridized carbons (Fsp3) is 0.542. The zero-order valence-corrected chi connectivity index (χ0v) is 20.4. The summed E-state index contributed by atoms with van der Waals surface area (Å²) in [6, 6.07) is 9.79. The Hall–Kier alpha value is -2.52. The zero-order valence-electron chi connectivity index (χ0n) is 19.5. The van der Waals surface area contributed by atoms with Crippen molar-refractivity contribution in [1.29, 1.82) is 0 Å². The number of hydrogen-bond acceptors (Lipinski definition) is 6. The van der Waals surface area contributed by atoms with Crippen molar-refractivity contribution < 1.29 is 13.7 Å². The van der Waals surface area contributed by atoms with Crippen LogP contribution in [-0.2, 0) is 21.3 Å². The van der Waals surface area contributed by atoms with Crippen molar-refractivity contribution in [2.24, 2.45) is 0 Å². The van der Waals surface area contributed by atoms with E-state index in [1.807, 2.05) is 44.2 Å². The normalized spacial score (nSPS) is 19.8. The topological polar surface area (TPSA) is 96.5 Å². The molecule has 2 aromatic rings. The molecule has 8 nitrogen and oxygen atoms in total. The zero-order chi connectivity index (χ0) is 23.4. The molecule has 1 saturated carbocycles. The second-order valence-electron chi connectivity index (χ2n) is 9.04. The molecule has 2 N–H and O–H groups in total. The Balaban J connectivity index is 1.56. The number of nitrogens with zero attached hydrogens (tertiary/aromatic N) is 3. The minimum Gasteiger partial charge on any atom is -0.377 e. The van der Waals surface area contributed by atoms with Crippen LogP contribution in [0.15, 0.2) is 30.3 Å². The van der Waals surface area contributed by atoms with Crippen molar-refractivity contribution in [3.8, 4) is 11.4 Å². The summed E-state index contributed by atoms with van der Waals surface area (Å²) in [5.41, 5.74) is 2.33. The number of carbonyl (C=O) groups excluding carboxylic acids is 1. The second-order valence-corrected chi connectivity index (χ2v) is 11.0. The molecule has 1 aliphatic heterocycles. The molecule has 2 atom stereocenters. The Bertz CT molecular complexity index is 994. The number of anilines is 2. The van der Waals surface area contributed by atoms with Gasteiger partial charge in [-0.25, -0.2) is 14.8 Å². The number of nitrogens with one attached hydrogen (secondary N) is 2. The van der Waals surface area contributed by atoms with E-state index in [0.29, 0.717) is 24.8 Å². The molecule has 2 unspecified atom stereocenters. The number of benzene rings is 1. The van der Waals surface area contributed by atoms with Gasteiger partial charge in [0.25, 0.3) is 0 Å². The van der Waals surface area contributed by atoms with E-state index < -0.39 is 10.8 Å². The van der Waals surface area contributed by atoms with Crippen molar-refractivity contribution in [1.82, 2.24) is 15.3 Å². The third-order valence-corrected chi connectivity index (χ3v) is 7.72. The lowest BCUT2D eigenvalue weighted by atomic mass is 9.93. The maximum absolute atomic E-state index is 12.5. The van der Waals surface area contributed by atoms with Crippen LogP contribution in [0.2, 0.25) is 0 Å². The summed E-state index contributed by atoms with van der Waals surface area (Å²) in [5.74, 6) is 1.81. The minimum atomic E-state index is -1.01. The van der Waals surface area contributed by atoms with Crippen molar-refractivity contribution in [3.63, 3.8) is 0 Å². The first-order chi connectivity index (χ1) is 15.9. The molecular formula is C24H33N5O3S. The molecule has 0 bridgehead atoms. The first-order valence-corrected chi connectivity index (χ1v) is 13.0. The van der Waals surface area contributed by atoms with Crippen LogP contribution in [0, 0.1) is 0 Å². The average Bonchev–Trinajstić information content (AvgIpc) is 2.77. The molecule has 2 fully saturated rings. The molecule has 4 rings (SSSR count). The third kappa shape index (κ3) is 6.09. The van der Waals surface area contributed by atoms with Crippen molar-refractivity contribution >= 4 is 28.3 Å². The molecule has 1 saturated heterocycles. The van der Waals surface area contributed by atoms with Gasteiger partial charge in [0, 0.05) is 46.0 Å². The Morgan fingerprint density at radius 2 is 2.00 bits per heavy atom. The lowest BCUT2D eigenvalue weighted by molar-refractivity contribution is 0.0985. The Kier molecular flexibility index (Phi) is 7.60. The summed E-state index contributed by atoms with van der Waals surface area (Å²) in [6.07, 6.45) is 3.27. The van der Waals surface area contributed by atoms with E-state index in [-0.39, 0.29) is 23.4 Å². The summed E-state index contributed by atoms with van der Waals surface area (Å²) in [5, 5.41) is 5.92. The number of morpholine rings is 1. The summed E-state index contributed by atoms with van der Waals surface area (Å²) < 4.78 is 18.1. The highest BCUT2D eigenvalue weighted by atomic mass is 32.2. The lowest BCUT2D eigenvalue weighted by Gasteiger charge is -2.34. The van der Waals surface area contributed by atoms with Crippen LogP contribution in [0.1, 0.15) is 45.7 Å². The van der Waals surface area contributed by atoms with E-state index in [4.69, 9.17) is 14.7 Å². The third-order valence-electron chi connectivity index (χ3n) is 6.08. The highest BCUT2D eigenvalue weighted by Crippen LogP contribution is 2.25. The molecule has 1 aromatic heterocycles. The number of carbonyl (C=O) groups is 1. The molecule has 9 heteroatoms. The van der Waals surface area contributed by atoms with E-state index in [1.165, 1.54) is 6.42 Å². The average molecular weight is 472 g/mol. The van der Waals surface area contributed by atoms with E-state index in [0.717, 1.165) is 42.1 Å². The van der Waals surface area contributed by atoms with E-state index in [9.17, 15) is 9.00 Å². The smallest absolute Gasteiger partial charge is 0.319 e. The molecule has 0 spiro atoms.